The maximum Gasteiger partial charge on any atom is 1.00 e. The predicted octanol–water partition coefficient (Wildman–Crippen LogP) is -4.03. The van der Waals surface area contributed by atoms with Gasteiger partial charge in [-0.15, -0.1) is 0 Å². The van der Waals surface area contributed by atoms with E-state index in [0.29, 0.717) is 5.02 Å². The van der Waals surface area contributed by atoms with Crippen LogP contribution in [0.4, 0.5) is 0 Å². The van der Waals surface area contributed by atoms with Crippen LogP contribution in [-0.2, 0) is 14.2 Å². The Morgan fingerprint density at radius 2 is 1.81 bits per heavy atom. The minimum atomic E-state index is -4.35. The first kappa shape index (κ1) is 35.8. The summed E-state index contributed by atoms with van der Waals surface area (Å²) in [6.07, 6.45) is -0.709. The fourth-order valence-electron chi connectivity index (χ4n) is 1.33. The van der Waals surface area contributed by atoms with Gasteiger partial charge >= 0.3 is 57.4 Å². The second-order valence-corrected chi connectivity index (χ2v) is 9.02. The summed E-state index contributed by atoms with van der Waals surface area (Å²) in [7, 11) is 1.81. The van der Waals surface area contributed by atoms with E-state index in [1.54, 1.807) is 6.07 Å². The number of aliphatic carboxylic acids is 2. The Balaban J connectivity index is -0.000000392. The summed E-state index contributed by atoms with van der Waals surface area (Å²) in [5.41, 5.74) is 0. The molecule has 0 spiro atoms. The average molecular weight is 531 g/mol. The maximum absolute atomic E-state index is 10.0. The van der Waals surface area contributed by atoms with Gasteiger partial charge in [0.15, 0.2) is 0 Å². The third-order valence-corrected chi connectivity index (χ3v) is 3.75. The second-order valence-electron chi connectivity index (χ2n) is 6.59. The van der Waals surface area contributed by atoms with Crippen molar-refractivity contribution in [2.24, 2.45) is 0 Å². The summed E-state index contributed by atoms with van der Waals surface area (Å²) in [5.74, 6) is -2.20. The van der Waals surface area contributed by atoms with E-state index in [9.17, 15) is 24.2 Å². The smallest absolute Gasteiger partial charge is 0.778 e. The van der Waals surface area contributed by atoms with Gasteiger partial charge in [0.1, 0.15) is 26.5 Å². The molecule has 4 N–H and O–H groups in total. The molecule has 0 aromatic heterocycles. The molecule has 0 amide bonds. The molecule has 0 aliphatic carbocycles. The first-order chi connectivity index (χ1) is 13.6. The number of hydrogen-bond donors (Lipinski definition) is 4. The molecule has 0 fully saturated rings. The molecule has 0 radical (unpaired) electrons. The summed E-state index contributed by atoms with van der Waals surface area (Å²) in [6.45, 7) is 0.109. The van der Waals surface area contributed by atoms with Crippen LogP contribution in [0.3, 0.4) is 0 Å². The van der Waals surface area contributed by atoms with Crippen molar-refractivity contribution in [2.75, 3.05) is 53.7 Å². The van der Waals surface area contributed by atoms with Gasteiger partial charge in [0.2, 0.25) is 0 Å². The monoisotopic (exact) mass is 530 g/mol. The number of hydrogen-bond acceptors (Lipinski definition) is 8. The van der Waals surface area contributed by atoms with Crippen LogP contribution in [-0.4, -0.2) is 85.3 Å². The standard InChI is InChI=1S/C8H6Cl2O3.C5H14NO.C3H8NO5P.K/c9-5-1-2-7(6(10)3-5)13-4-8(11)12;1-6(2,3)4-5-7;5-3(6)1-4-2-10(7,8)9;/h1-3H,4H2,(H,11,12);7H,4-5H2,1-3H3;4H,1-2H2,(H,5,6)(H2,7,8,9);/q;+1;;+1/p-2. The minimum absolute atomic E-state index is 0. The average Bonchev–Trinajstić information content (AvgIpc) is 2.52. The second kappa shape index (κ2) is 18.6. The molecular formula is C16H26Cl2KN2O9P. The molecule has 0 saturated carbocycles. The Labute approximate surface area is 233 Å². The number of aliphatic hydroxyl groups is 1. The van der Waals surface area contributed by atoms with Crippen LogP contribution in [0.25, 0.3) is 0 Å². The predicted molar refractivity (Wildman–Crippen MR) is 107 cm³/mol. The number of ether oxygens (including phenoxy) is 1. The molecule has 1 aromatic rings. The van der Waals surface area contributed by atoms with Gasteiger partial charge in [-0.05, 0) is 18.2 Å². The number of rotatable bonds is 9. The SMILES string of the molecule is C[N+](C)(C)CCO.O=C(O)CNCP(=O)([O-])O.O=C([O-])COc1ccc(Cl)cc1Cl.[K+]. The van der Waals surface area contributed by atoms with E-state index in [4.69, 9.17) is 43.0 Å². The molecule has 1 aromatic carbocycles. The van der Waals surface area contributed by atoms with Crippen molar-refractivity contribution >= 4 is 42.7 Å². The molecule has 0 aliphatic heterocycles. The van der Waals surface area contributed by atoms with E-state index in [1.165, 1.54) is 12.1 Å². The van der Waals surface area contributed by atoms with Crippen molar-refractivity contribution in [1.82, 2.24) is 5.32 Å². The molecule has 15 heteroatoms. The molecule has 0 bridgehead atoms. The molecule has 0 heterocycles. The quantitative estimate of drug-likeness (QED) is 0.139. The van der Waals surface area contributed by atoms with Crippen LogP contribution in [0.1, 0.15) is 0 Å². The van der Waals surface area contributed by atoms with E-state index >= 15 is 0 Å². The first-order valence-electron chi connectivity index (χ1n) is 8.21. The minimum Gasteiger partial charge on any atom is -0.778 e. The zero-order valence-corrected chi connectivity index (χ0v) is 23.2. The van der Waals surface area contributed by atoms with Crippen molar-refractivity contribution in [2.45, 2.75) is 0 Å². The van der Waals surface area contributed by atoms with Crippen molar-refractivity contribution in [3.8, 4) is 5.75 Å². The molecule has 31 heavy (non-hydrogen) atoms. The fourth-order valence-corrected chi connectivity index (χ4v) is 2.19. The number of benzene rings is 1. The Kier molecular flexibility index (Phi) is 21.5. The van der Waals surface area contributed by atoms with Gasteiger partial charge in [0.25, 0.3) is 0 Å². The van der Waals surface area contributed by atoms with Gasteiger partial charge in [0, 0.05) is 5.02 Å². The van der Waals surface area contributed by atoms with Crippen LogP contribution < -0.4 is 71.4 Å². The zero-order valence-electron chi connectivity index (χ0n) is 17.7. The molecular weight excluding hydrogens is 505 g/mol. The van der Waals surface area contributed by atoms with Crippen LogP contribution in [0.5, 0.6) is 5.75 Å². The van der Waals surface area contributed by atoms with Crippen LogP contribution >= 0.6 is 30.8 Å². The Morgan fingerprint density at radius 1 is 1.26 bits per heavy atom. The molecule has 1 rings (SSSR count). The molecule has 1 unspecified atom stereocenters. The van der Waals surface area contributed by atoms with Gasteiger partial charge in [-0.2, -0.15) is 0 Å². The topological polar surface area (TPSA) is 179 Å². The first-order valence-corrected chi connectivity index (χ1v) is 10.7. The number of nitrogens with one attached hydrogen (secondary N) is 1. The summed E-state index contributed by atoms with van der Waals surface area (Å²) in [5, 5.41) is 29.1. The van der Waals surface area contributed by atoms with Gasteiger partial charge < -0.3 is 43.7 Å². The fraction of sp³-hybridized carbons (Fsp3) is 0.500. The van der Waals surface area contributed by atoms with Crippen LogP contribution in [0, 0.1) is 0 Å². The third kappa shape index (κ3) is 28.2. The number of carboxylic acids is 2. The number of nitrogens with zero attached hydrogens (tertiary/aromatic N) is 1. The number of carbonyl (C=O) groups is 2. The maximum atomic E-state index is 10.0. The van der Waals surface area contributed by atoms with Crippen molar-refractivity contribution in [3.05, 3.63) is 28.2 Å². The van der Waals surface area contributed by atoms with Crippen molar-refractivity contribution < 1.29 is 99.9 Å². The Bertz CT molecular complexity index is 715. The van der Waals surface area contributed by atoms with Crippen LogP contribution in [0.15, 0.2) is 18.2 Å². The van der Waals surface area contributed by atoms with E-state index in [0.717, 1.165) is 11.0 Å². The summed E-state index contributed by atoms with van der Waals surface area (Å²) >= 11 is 11.3. The normalized spacial score (nSPS) is 12.0. The number of halogens is 2. The number of likely N-dealkylation sites (N-methyl/N-ethyl adjacent to an activating group) is 1. The van der Waals surface area contributed by atoms with E-state index in [-0.39, 0.29) is 68.8 Å². The van der Waals surface area contributed by atoms with Crippen LogP contribution in [0.2, 0.25) is 10.0 Å². The van der Waals surface area contributed by atoms with E-state index in [1.807, 2.05) is 5.32 Å². The van der Waals surface area contributed by atoms with Crippen molar-refractivity contribution in [3.63, 3.8) is 0 Å². The molecule has 0 saturated heterocycles. The Morgan fingerprint density at radius 3 is 2.13 bits per heavy atom. The molecule has 0 aliphatic rings. The number of carboxylic acid groups (broad SMARTS) is 2. The summed E-state index contributed by atoms with van der Waals surface area (Å²) < 4.78 is 15.6. The number of quaternary nitrogens is 1. The molecule has 11 nitrogen and oxygen atoms in total. The third-order valence-electron chi connectivity index (χ3n) is 2.60. The van der Waals surface area contributed by atoms with E-state index in [2.05, 4.69) is 21.1 Å². The zero-order chi connectivity index (χ0) is 24.0. The number of carbonyl (C=O) groups excluding carboxylic acids is 1. The summed E-state index contributed by atoms with van der Waals surface area (Å²) in [4.78, 5) is 37.8. The molecule has 1 atom stereocenters. The van der Waals surface area contributed by atoms with Crippen molar-refractivity contribution in [1.29, 1.82) is 0 Å². The van der Waals surface area contributed by atoms with Gasteiger partial charge in [-0.3, -0.25) is 10.1 Å². The van der Waals surface area contributed by atoms with Gasteiger partial charge in [-0.25, -0.2) is 0 Å². The number of aliphatic hydroxyl groups excluding tert-OH is 1. The molecule has 174 valence electrons. The Hall–Kier alpha value is 0.206. The van der Waals surface area contributed by atoms with Gasteiger partial charge in [0.05, 0.1) is 51.6 Å². The van der Waals surface area contributed by atoms with E-state index < -0.39 is 39.0 Å². The largest absolute Gasteiger partial charge is 1.00 e. The summed E-state index contributed by atoms with van der Waals surface area (Å²) in [6, 6.07) is 4.51. The van der Waals surface area contributed by atoms with Gasteiger partial charge in [-0.1, -0.05) is 23.2 Å².